The van der Waals surface area contributed by atoms with Crippen molar-refractivity contribution in [1.29, 1.82) is 0 Å². The smallest absolute Gasteiger partial charge is 0.258 e. The highest BCUT2D eigenvalue weighted by atomic mass is 16.5. The summed E-state index contributed by atoms with van der Waals surface area (Å²) in [5.41, 5.74) is 5.46. The van der Waals surface area contributed by atoms with Crippen LogP contribution >= 0.6 is 0 Å². The maximum absolute atomic E-state index is 11.6. The number of para-hydroxylation sites is 1. The van der Waals surface area contributed by atoms with E-state index in [2.05, 4.69) is 5.32 Å². The van der Waals surface area contributed by atoms with E-state index in [1.54, 1.807) is 0 Å². The van der Waals surface area contributed by atoms with Crippen LogP contribution in [0.15, 0.2) is 30.3 Å². The van der Waals surface area contributed by atoms with E-state index in [0.29, 0.717) is 12.3 Å². The van der Waals surface area contributed by atoms with Gasteiger partial charge in [0.1, 0.15) is 5.75 Å². The lowest BCUT2D eigenvalue weighted by atomic mass is 10.1. The standard InChI is InChI=1S/C13H20N2O2/c1-2-11(8-9-14)15-13(16)10-17-12-6-4-3-5-7-12/h3-7,11H,2,8-10,14H2,1H3,(H,15,16). The van der Waals surface area contributed by atoms with Crippen LogP contribution in [0.3, 0.4) is 0 Å². The molecule has 0 saturated carbocycles. The van der Waals surface area contributed by atoms with E-state index in [4.69, 9.17) is 10.5 Å². The summed E-state index contributed by atoms with van der Waals surface area (Å²) in [5, 5.41) is 2.89. The zero-order valence-corrected chi connectivity index (χ0v) is 10.2. The van der Waals surface area contributed by atoms with Gasteiger partial charge >= 0.3 is 0 Å². The monoisotopic (exact) mass is 236 g/mol. The first-order chi connectivity index (χ1) is 8.26. The first-order valence-electron chi connectivity index (χ1n) is 5.93. The van der Waals surface area contributed by atoms with Crippen molar-refractivity contribution in [3.05, 3.63) is 30.3 Å². The van der Waals surface area contributed by atoms with Gasteiger partial charge in [0, 0.05) is 6.04 Å². The molecule has 1 amide bonds. The number of carbonyl (C=O) groups is 1. The lowest BCUT2D eigenvalue weighted by Crippen LogP contribution is -2.38. The molecule has 94 valence electrons. The molecule has 1 aromatic carbocycles. The van der Waals surface area contributed by atoms with Crippen LogP contribution in [0.1, 0.15) is 19.8 Å². The number of hydrogen-bond acceptors (Lipinski definition) is 3. The van der Waals surface area contributed by atoms with Gasteiger partial charge in [0.25, 0.3) is 5.91 Å². The molecule has 1 unspecified atom stereocenters. The van der Waals surface area contributed by atoms with Crippen LogP contribution in [0, 0.1) is 0 Å². The molecule has 1 atom stereocenters. The Morgan fingerprint density at radius 1 is 1.41 bits per heavy atom. The van der Waals surface area contributed by atoms with E-state index in [9.17, 15) is 4.79 Å². The fourth-order valence-electron chi connectivity index (χ4n) is 1.51. The molecule has 0 aliphatic carbocycles. The van der Waals surface area contributed by atoms with E-state index in [-0.39, 0.29) is 18.6 Å². The molecular weight excluding hydrogens is 216 g/mol. The summed E-state index contributed by atoms with van der Waals surface area (Å²) < 4.78 is 5.35. The van der Waals surface area contributed by atoms with Crippen LogP contribution < -0.4 is 15.8 Å². The molecule has 17 heavy (non-hydrogen) atoms. The first kappa shape index (κ1) is 13.5. The van der Waals surface area contributed by atoms with Gasteiger partial charge in [-0.2, -0.15) is 0 Å². The topological polar surface area (TPSA) is 64.3 Å². The number of rotatable bonds is 7. The summed E-state index contributed by atoms with van der Waals surface area (Å²) in [5.74, 6) is 0.601. The summed E-state index contributed by atoms with van der Waals surface area (Å²) >= 11 is 0. The maximum Gasteiger partial charge on any atom is 0.258 e. The van der Waals surface area contributed by atoms with Gasteiger partial charge in [0.05, 0.1) is 0 Å². The Labute approximate surface area is 102 Å². The maximum atomic E-state index is 11.6. The summed E-state index contributed by atoms with van der Waals surface area (Å²) in [6.45, 7) is 2.65. The minimum Gasteiger partial charge on any atom is -0.484 e. The second-order valence-electron chi connectivity index (χ2n) is 3.85. The van der Waals surface area contributed by atoms with E-state index >= 15 is 0 Å². The van der Waals surface area contributed by atoms with Gasteiger partial charge in [-0.15, -0.1) is 0 Å². The molecule has 0 spiro atoms. The second kappa shape index (κ2) is 7.68. The van der Waals surface area contributed by atoms with Crippen molar-refractivity contribution in [2.45, 2.75) is 25.8 Å². The predicted molar refractivity (Wildman–Crippen MR) is 67.8 cm³/mol. The first-order valence-corrected chi connectivity index (χ1v) is 5.93. The minimum absolute atomic E-state index is 0.0467. The van der Waals surface area contributed by atoms with Crippen LogP contribution in [0.4, 0.5) is 0 Å². The molecule has 0 fully saturated rings. The van der Waals surface area contributed by atoms with Crippen LogP contribution in [-0.2, 0) is 4.79 Å². The van der Waals surface area contributed by atoms with Gasteiger partial charge in [0.15, 0.2) is 6.61 Å². The number of benzene rings is 1. The van der Waals surface area contributed by atoms with Gasteiger partial charge in [-0.25, -0.2) is 0 Å². The molecule has 0 aromatic heterocycles. The Kier molecular flexibility index (Phi) is 6.10. The Balaban J connectivity index is 2.30. The Bertz CT molecular complexity index is 327. The lowest BCUT2D eigenvalue weighted by Gasteiger charge is -2.16. The number of hydrogen-bond donors (Lipinski definition) is 2. The number of carbonyl (C=O) groups excluding carboxylic acids is 1. The average Bonchev–Trinajstić information content (AvgIpc) is 2.37. The zero-order valence-electron chi connectivity index (χ0n) is 10.2. The van der Waals surface area contributed by atoms with Crippen molar-refractivity contribution < 1.29 is 9.53 Å². The van der Waals surface area contributed by atoms with E-state index < -0.39 is 0 Å². The summed E-state index contributed by atoms with van der Waals surface area (Å²) in [7, 11) is 0. The molecule has 0 bridgehead atoms. The van der Waals surface area contributed by atoms with E-state index in [0.717, 1.165) is 12.8 Å². The molecular formula is C13H20N2O2. The lowest BCUT2D eigenvalue weighted by molar-refractivity contribution is -0.123. The third-order valence-electron chi connectivity index (χ3n) is 2.49. The highest BCUT2D eigenvalue weighted by Gasteiger charge is 2.09. The number of amides is 1. The van der Waals surface area contributed by atoms with Crippen LogP contribution in [-0.4, -0.2) is 25.1 Å². The molecule has 0 radical (unpaired) electrons. The molecule has 0 saturated heterocycles. The third-order valence-corrected chi connectivity index (χ3v) is 2.49. The molecule has 0 aliphatic rings. The van der Waals surface area contributed by atoms with Gasteiger partial charge in [0.2, 0.25) is 0 Å². The van der Waals surface area contributed by atoms with E-state index in [1.165, 1.54) is 0 Å². The van der Waals surface area contributed by atoms with Crippen molar-refractivity contribution in [1.82, 2.24) is 5.32 Å². The quantitative estimate of drug-likeness (QED) is 0.750. The van der Waals surface area contributed by atoms with E-state index in [1.807, 2.05) is 37.3 Å². The van der Waals surface area contributed by atoms with Crippen molar-refractivity contribution in [2.75, 3.05) is 13.2 Å². The van der Waals surface area contributed by atoms with Crippen molar-refractivity contribution in [3.63, 3.8) is 0 Å². The number of nitrogens with two attached hydrogens (primary N) is 1. The van der Waals surface area contributed by atoms with Crippen LogP contribution in [0.25, 0.3) is 0 Å². The normalized spacial score (nSPS) is 11.9. The zero-order chi connectivity index (χ0) is 12.5. The van der Waals surface area contributed by atoms with Gasteiger partial charge < -0.3 is 15.8 Å². The third kappa shape index (κ3) is 5.36. The Morgan fingerprint density at radius 3 is 2.71 bits per heavy atom. The molecule has 1 aromatic rings. The number of nitrogens with one attached hydrogen (secondary N) is 1. The van der Waals surface area contributed by atoms with Crippen LogP contribution in [0.5, 0.6) is 5.75 Å². The highest BCUT2D eigenvalue weighted by molar-refractivity contribution is 5.77. The number of ether oxygens (including phenoxy) is 1. The summed E-state index contributed by atoms with van der Waals surface area (Å²) in [6.07, 6.45) is 1.68. The predicted octanol–water partition coefficient (Wildman–Crippen LogP) is 1.31. The average molecular weight is 236 g/mol. The van der Waals surface area contributed by atoms with Crippen LogP contribution in [0.2, 0.25) is 0 Å². The van der Waals surface area contributed by atoms with Gasteiger partial charge in [-0.05, 0) is 31.5 Å². The fourth-order valence-corrected chi connectivity index (χ4v) is 1.51. The minimum atomic E-state index is -0.103. The van der Waals surface area contributed by atoms with Crippen molar-refractivity contribution in [2.24, 2.45) is 5.73 Å². The van der Waals surface area contributed by atoms with Crippen molar-refractivity contribution >= 4 is 5.91 Å². The molecule has 4 nitrogen and oxygen atoms in total. The molecule has 3 N–H and O–H groups in total. The Morgan fingerprint density at radius 2 is 2.12 bits per heavy atom. The van der Waals surface area contributed by atoms with Gasteiger partial charge in [-0.3, -0.25) is 4.79 Å². The SMILES string of the molecule is CCC(CCN)NC(=O)COc1ccccc1. The molecule has 4 heteroatoms. The van der Waals surface area contributed by atoms with Crippen molar-refractivity contribution in [3.8, 4) is 5.75 Å². The largest absolute Gasteiger partial charge is 0.484 e. The summed E-state index contributed by atoms with van der Waals surface area (Å²) in [6, 6.07) is 9.44. The summed E-state index contributed by atoms with van der Waals surface area (Å²) in [4.78, 5) is 11.6. The fraction of sp³-hybridized carbons (Fsp3) is 0.462. The molecule has 0 aliphatic heterocycles. The van der Waals surface area contributed by atoms with Gasteiger partial charge in [-0.1, -0.05) is 25.1 Å². The Hall–Kier alpha value is -1.55. The molecule has 1 rings (SSSR count). The molecule has 0 heterocycles. The highest BCUT2D eigenvalue weighted by Crippen LogP contribution is 2.07. The second-order valence-corrected chi connectivity index (χ2v) is 3.85.